The number of ether oxygens (including phenoxy) is 2. The summed E-state index contributed by atoms with van der Waals surface area (Å²) in [5, 5.41) is 3.67. The van der Waals surface area contributed by atoms with E-state index in [0.717, 1.165) is 23.7 Å². The third-order valence-corrected chi connectivity index (χ3v) is 4.34. The first-order valence-corrected chi connectivity index (χ1v) is 7.65. The van der Waals surface area contributed by atoms with Crippen LogP contribution in [-0.2, 0) is 0 Å². The predicted octanol–water partition coefficient (Wildman–Crippen LogP) is 2.60. The highest BCUT2D eigenvalue weighted by Gasteiger charge is 2.26. The van der Waals surface area contributed by atoms with E-state index in [-0.39, 0.29) is 0 Å². The second-order valence-electron chi connectivity index (χ2n) is 5.74. The van der Waals surface area contributed by atoms with Gasteiger partial charge in [0.2, 0.25) is 0 Å². The summed E-state index contributed by atoms with van der Waals surface area (Å²) in [6.45, 7) is 9.32. The number of likely N-dealkylation sites (tertiary alicyclic amines) is 1. The lowest BCUT2D eigenvalue weighted by Gasteiger charge is -2.37. The van der Waals surface area contributed by atoms with Crippen LogP contribution in [-0.4, -0.2) is 43.8 Å². The molecule has 4 nitrogen and oxygen atoms in total. The maximum absolute atomic E-state index is 5.78. The van der Waals surface area contributed by atoms with Gasteiger partial charge in [-0.1, -0.05) is 19.9 Å². The zero-order valence-electron chi connectivity index (χ0n) is 12.4. The van der Waals surface area contributed by atoms with E-state index in [1.54, 1.807) is 0 Å². The minimum absolute atomic E-state index is 0.509. The number of fused-ring (bicyclic) bond motifs is 1. The summed E-state index contributed by atoms with van der Waals surface area (Å²) >= 11 is 0. The smallest absolute Gasteiger partial charge is 0.184 e. The van der Waals surface area contributed by atoms with Gasteiger partial charge in [-0.05, 0) is 31.0 Å². The third kappa shape index (κ3) is 2.70. The molecule has 0 amide bonds. The van der Waals surface area contributed by atoms with Gasteiger partial charge in [-0.15, -0.1) is 0 Å². The highest BCUT2D eigenvalue weighted by atomic mass is 16.6. The summed E-state index contributed by atoms with van der Waals surface area (Å²) in [5.41, 5.74) is 1.07. The molecule has 2 aliphatic heterocycles. The Labute approximate surface area is 121 Å². The van der Waals surface area contributed by atoms with E-state index in [1.165, 1.54) is 19.5 Å². The van der Waals surface area contributed by atoms with Gasteiger partial charge in [-0.25, -0.2) is 0 Å². The van der Waals surface area contributed by atoms with Crippen molar-refractivity contribution in [2.45, 2.75) is 26.3 Å². The SMILES string of the molecule is CCN1CC[C@@H](Nc2cccc3c2OCCO3)[C@@H](C)C1. The van der Waals surface area contributed by atoms with Gasteiger partial charge in [0.1, 0.15) is 13.2 Å². The number of anilines is 1. The van der Waals surface area contributed by atoms with Crippen molar-refractivity contribution in [3.63, 3.8) is 0 Å². The molecule has 0 aromatic heterocycles. The van der Waals surface area contributed by atoms with Gasteiger partial charge in [0.15, 0.2) is 11.5 Å². The number of nitrogens with zero attached hydrogens (tertiary/aromatic N) is 1. The molecule has 3 rings (SSSR count). The molecule has 2 heterocycles. The van der Waals surface area contributed by atoms with Gasteiger partial charge in [0.25, 0.3) is 0 Å². The molecule has 2 aliphatic rings. The molecule has 0 unspecified atom stereocenters. The molecule has 1 aromatic carbocycles. The molecular weight excluding hydrogens is 252 g/mol. The minimum atomic E-state index is 0.509. The molecule has 1 N–H and O–H groups in total. The predicted molar refractivity (Wildman–Crippen MR) is 80.7 cm³/mol. The van der Waals surface area contributed by atoms with E-state index in [4.69, 9.17) is 9.47 Å². The van der Waals surface area contributed by atoms with E-state index in [2.05, 4.69) is 30.1 Å². The number of hydrogen-bond donors (Lipinski definition) is 1. The minimum Gasteiger partial charge on any atom is -0.486 e. The first kappa shape index (κ1) is 13.6. The summed E-state index contributed by atoms with van der Waals surface area (Å²) in [6, 6.07) is 6.60. The van der Waals surface area contributed by atoms with Crippen LogP contribution in [0.15, 0.2) is 18.2 Å². The summed E-state index contributed by atoms with van der Waals surface area (Å²) in [4.78, 5) is 2.52. The van der Waals surface area contributed by atoms with E-state index in [0.29, 0.717) is 25.2 Å². The summed E-state index contributed by atoms with van der Waals surface area (Å²) < 4.78 is 11.4. The molecule has 110 valence electrons. The van der Waals surface area contributed by atoms with Crippen LogP contribution in [0.25, 0.3) is 0 Å². The Hall–Kier alpha value is -1.42. The number of benzene rings is 1. The Morgan fingerprint density at radius 1 is 1.30 bits per heavy atom. The molecule has 1 aromatic rings. The van der Waals surface area contributed by atoms with Gasteiger partial charge in [0, 0.05) is 19.1 Å². The van der Waals surface area contributed by atoms with Crippen molar-refractivity contribution >= 4 is 5.69 Å². The average molecular weight is 276 g/mol. The molecule has 0 spiro atoms. The van der Waals surface area contributed by atoms with Crippen LogP contribution in [0.2, 0.25) is 0 Å². The van der Waals surface area contributed by atoms with E-state index < -0.39 is 0 Å². The normalized spacial score (nSPS) is 26.3. The van der Waals surface area contributed by atoms with Crippen LogP contribution < -0.4 is 14.8 Å². The number of para-hydroxylation sites is 1. The van der Waals surface area contributed by atoms with Crippen LogP contribution in [0.1, 0.15) is 20.3 Å². The van der Waals surface area contributed by atoms with Crippen molar-refractivity contribution in [1.29, 1.82) is 0 Å². The Kier molecular flexibility index (Phi) is 4.01. The van der Waals surface area contributed by atoms with Crippen LogP contribution in [0.4, 0.5) is 5.69 Å². The van der Waals surface area contributed by atoms with Crippen molar-refractivity contribution < 1.29 is 9.47 Å². The molecule has 0 saturated carbocycles. The second-order valence-corrected chi connectivity index (χ2v) is 5.74. The van der Waals surface area contributed by atoms with Crippen LogP contribution >= 0.6 is 0 Å². The number of rotatable bonds is 3. The summed E-state index contributed by atoms with van der Waals surface area (Å²) in [6.07, 6.45) is 1.18. The van der Waals surface area contributed by atoms with Crippen molar-refractivity contribution in [3.8, 4) is 11.5 Å². The quantitative estimate of drug-likeness (QED) is 0.920. The van der Waals surface area contributed by atoms with Crippen molar-refractivity contribution in [1.82, 2.24) is 4.90 Å². The standard InChI is InChI=1S/C16H24N2O2/c1-3-18-8-7-13(12(2)11-18)17-14-5-4-6-15-16(14)20-10-9-19-15/h4-6,12-13,17H,3,7-11H2,1-2H3/t12-,13+/m0/s1. The Bertz CT molecular complexity index is 464. The lowest BCUT2D eigenvalue weighted by Crippen LogP contribution is -2.45. The molecule has 0 radical (unpaired) electrons. The van der Waals surface area contributed by atoms with Crippen LogP contribution in [0.5, 0.6) is 11.5 Å². The summed E-state index contributed by atoms with van der Waals surface area (Å²) in [7, 11) is 0. The molecule has 4 heteroatoms. The van der Waals surface area contributed by atoms with Gasteiger partial charge in [-0.2, -0.15) is 0 Å². The van der Waals surface area contributed by atoms with Gasteiger partial charge >= 0.3 is 0 Å². The molecule has 20 heavy (non-hydrogen) atoms. The fourth-order valence-electron chi connectivity index (χ4n) is 3.12. The molecular formula is C16H24N2O2. The first-order valence-electron chi connectivity index (χ1n) is 7.65. The van der Waals surface area contributed by atoms with Crippen LogP contribution in [0.3, 0.4) is 0 Å². The number of hydrogen-bond acceptors (Lipinski definition) is 4. The Morgan fingerprint density at radius 2 is 2.15 bits per heavy atom. The lowest BCUT2D eigenvalue weighted by molar-refractivity contribution is 0.169. The fourth-order valence-corrected chi connectivity index (χ4v) is 3.12. The average Bonchev–Trinajstić information content (AvgIpc) is 2.49. The monoisotopic (exact) mass is 276 g/mol. The second kappa shape index (κ2) is 5.92. The highest BCUT2D eigenvalue weighted by Crippen LogP contribution is 2.38. The highest BCUT2D eigenvalue weighted by molar-refractivity contribution is 5.64. The van der Waals surface area contributed by atoms with E-state index >= 15 is 0 Å². The summed E-state index contributed by atoms with van der Waals surface area (Å²) in [5.74, 6) is 2.38. The topological polar surface area (TPSA) is 33.7 Å². The molecule has 1 fully saturated rings. The molecule has 0 bridgehead atoms. The van der Waals surface area contributed by atoms with E-state index in [1.807, 2.05) is 12.1 Å². The molecule has 0 aliphatic carbocycles. The van der Waals surface area contributed by atoms with E-state index in [9.17, 15) is 0 Å². The zero-order valence-corrected chi connectivity index (χ0v) is 12.4. The molecule has 1 saturated heterocycles. The number of piperidine rings is 1. The van der Waals surface area contributed by atoms with Gasteiger partial charge < -0.3 is 19.7 Å². The lowest BCUT2D eigenvalue weighted by atomic mass is 9.93. The largest absolute Gasteiger partial charge is 0.486 e. The van der Waals surface area contributed by atoms with Gasteiger partial charge in [0.05, 0.1) is 5.69 Å². The number of nitrogens with one attached hydrogen (secondary N) is 1. The van der Waals surface area contributed by atoms with Crippen molar-refractivity contribution in [3.05, 3.63) is 18.2 Å². The Balaban J connectivity index is 1.72. The van der Waals surface area contributed by atoms with Gasteiger partial charge in [-0.3, -0.25) is 0 Å². The van der Waals surface area contributed by atoms with Crippen molar-refractivity contribution in [2.75, 3.05) is 38.2 Å². The maximum atomic E-state index is 5.78. The maximum Gasteiger partial charge on any atom is 0.184 e. The first-order chi connectivity index (χ1) is 9.78. The van der Waals surface area contributed by atoms with Crippen LogP contribution in [0, 0.1) is 5.92 Å². The molecule has 2 atom stereocenters. The Morgan fingerprint density at radius 3 is 2.95 bits per heavy atom. The fraction of sp³-hybridized carbons (Fsp3) is 0.625. The zero-order chi connectivity index (χ0) is 13.9. The third-order valence-electron chi connectivity index (χ3n) is 4.34. The van der Waals surface area contributed by atoms with Crippen molar-refractivity contribution in [2.24, 2.45) is 5.92 Å².